The van der Waals surface area contributed by atoms with E-state index in [1.54, 1.807) is 12.1 Å². The number of aryl methyl sites for hydroxylation is 3. The van der Waals surface area contributed by atoms with Gasteiger partial charge >= 0.3 is 6.03 Å². The molecule has 0 radical (unpaired) electrons. The first-order valence-electron chi connectivity index (χ1n) is 8.83. The Bertz CT molecular complexity index is 769. The molecule has 3 N–H and O–H groups in total. The molecule has 2 rings (SSSR count). The molecule has 0 spiro atoms. The Kier molecular flexibility index (Phi) is 6.78. The zero-order chi connectivity index (χ0) is 19.1. The van der Waals surface area contributed by atoms with E-state index in [2.05, 4.69) is 34.1 Å². The standard InChI is InChI=1S/C21H27N3O2/c1-14-6-9-18(10-7-14)20(25)22-11-12-23-21(26)24-17(4)19-13-15(2)5-8-16(19)3/h5-10,13,17H,11-12H2,1-4H3,(H,22,25)(H2,23,24,26). The minimum Gasteiger partial charge on any atom is -0.350 e. The van der Waals surface area contributed by atoms with Crippen molar-refractivity contribution in [3.63, 3.8) is 0 Å². The van der Waals surface area contributed by atoms with E-state index in [4.69, 9.17) is 0 Å². The van der Waals surface area contributed by atoms with Crippen LogP contribution in [0.5, 0.6) is 0 Å². The summed E-state index contributed by atoms with van der Waals surface area (Å²) in [7, 11) is 0. The van der Waals surface area contributed by atoms with Crippen LogP contribution in [0, 0.1) is 20.8 Å². The van der Waals surface area contributed by atoms with E-state index in [1.807, 2.05) is 39.8 Å². The number of benzene rings is 2. The van der Waals surface area contributed by atoms with Crippen molar-refractivity contribution >= 4 is 11.9 Å². The van der Waals surface area contributed by atoms with Crippen molar-refractivity contribution in [3.05, 3.63) is 70.3 Å². The summed E-state index contributed by atoms with van der Waals surface area (Å²) in [6.07, 6.45) is 0. The molecule has 0 aromatic heterocycles. The SMILES string of the molecule is Cc1ccc(C(=O)NCCNC(=O)NC(C)c2cc(C)ccc2C)cc1. The molecule has 0 aliphatic rings. The average molecular weight is 353 g/mol. The zero-order valence-corrected chi connectivity index (χ0v) is 15.8. The molecule has 5 heteroatoms. The van der Waals surface area contributed by atoms with E-state index in [0.29, 0.717) is 18.7 Å². The van der Waals surface area contributed by atoms with Gasteiger partial charge in [0, 0.05) is 18.7 Å². The van der Waals surface area contributed by atoms with Crippen LogP contribution in [0.3, 0.4) is 0 Å². The van der Waals surface area contributed by atoms with E-state index in [9.17, 15) is 9.59 Å². The monoisotopic (exact) mass is 353 g/mol. The fraction of sp³-hybridized carbons (Fsp3) is 0.333. The molecule has 0 aliphatic carbocycles. The first kappa shape index (κ1) is 19.5. The number of hydrogen-bond acceptors (Lipinski definition) is 2. The molecule has 0 saturated carbocycles. The minimum atomic E-state index is -0.247. The maximum atomic E-state index is 12.0. The van der Waals surface area contributed by atoms with Crippen LogP contribution in [-0.2, 0) is 0 Å². The molecule has 1 atom stereocenters. The number of carbonyl (C=O) groups excluding carboxylic acids is 2. The van der Waals surface area contributed by atoms with Crippen molar-refractivity contribution in [1.82, 2.24) is 16.0 Å². The van der Waals surface area contributed by atoms with Crippen LogP contribution in [0.25, 0.3) is 0 Å². The van der Waals surface area contributed by atoms with E-state index in [-0.39, 0.29) is 18.0 Å². The molecule has 0 heterocycles. The van der Waals surface area contributed by atoms with Crippen molar-refractivity contribution < 1.29 is 9.59 Å². The maximum Gasteiger partial charge on any atom is 0.315 e. The second-order valence-corrected chi connectivity index (χ2v) is 6.60. The van der Waals surface area contributed by atoms with Gasteiger partial charge in [-0.2, -0.15) is 0 Å². The summed E-state index contributed by atoms with van der Waals surface area (Å²) >= 11 is 0. The molecule has 138 valence electrons. The van der Waals surface area contributed by atoms with Crippen LogP contribution in [-0.4, -0.2) is 25.0 Å². The average Bonchev–Trinajstić information content (AvgIpc) is 2.61. The lowest BCUT2D eigenvalue weighted by atomic mass is 10.0. The molecule has 0 fully saturated rings. The second-order valence-electron chi connectivity index (χ2n) is 6.60. The third-order valence-corrected chi connectivity index (χ3v) is 4.26. The summed E-state index contributed by atoms with van der Waals surface area (Å²) in [5.74, 6) is -0.143. The van der Waals surface area contributed by atoms with Gasteiger partial charge in [-0.1, -0.05) is 41.5 Å². The Morgan fingerprint density at radius 1 is 0.885 bits per heavy atom. The van der Waals surface area contributed by atoms with Gasteiger partial charge in [0.1, 0.15) is 0 Å². The number of carbonyl (C=O) groups is 2. The first-order valence-corrected chi connectivity index (χ1v) is 8.83. The van der Waals surface area contributed by atoms with Crippen molar-refractivity contribution in [2.24, 2.45) is 0 Å². The van der Waals surface area contributed by atoms with E-state index >= 15 is 0 Å². The topological polar surface area (TPSA) is 70.2 Å². The smallest absolute Gasteiger partial charge is 0.315 e. The molecule has 0 aliphatic heterocycles. The van der Waals surface area contributed by atoms with Crippen LogP contribution in [0.15, 0.2) is 42.5 Å². The highest BCUT2D eigenvalue weighted by Gasteiger charge is 2.11. The Hall–Kier alpha value is -2.82. The van der Waals surface area contributed by atoms with Crippen LogP contribution in [0.2, 0.25) is 0 Å². The molecule has 0 bridgehead atoms. The summed E-state index contributed by atoms with van der Waals surface area (Å²) in [6, 6.07) is 13.2. The molecule has 3 amide bonds. The van der Waals surface area contributed by atoms with E-state index in [1.165, 1.54) is 5.56 Å². The lowest BCUT2D eigenvalue weighted by Crippen LogP contribution is -2.41. The second kappa shape index (κ2) is 9.04. The molecular formula is C21H27N3O2. The van der Waals surface area contributed by atoms with Crippen molar-refractivity contribution in [2.45, 2.75) is 33.7 Å². The Morgan fingerprint density at radius 2 is 1.50 bits per heavy atom. The predicted molar refractivity (Wildman–Crippen MR) is 104 cm³/mol. The predicted octanol–water partition coefficient (Wildman–Crippen LogP) is 3.40. The van der Waals surface area contributed by atoms with Gasteiger partial charge in [0.05, 0.1) is 6.04 Å². The number of urea groups is 1. The highest BCUT2D eigenvalue weighted by atomic mass is 16.2. The normalized spacial score (nSPS) is 11.5. The van der Waals surface area contributed by atoms with Crippen LogP contribution < -0.4 is 16.0 Å². The highest BCUT2D eigenvalue weighted by Crippen LogP contribution is 2.18. The van der Waals surface area contributed by atoms with Gasteiger partial charge in [-0.3, -0.25) is 4.79 Å². The first-order chi connectivity index (χ1) is 12.4. The van der Waals surface area contributed by atoms with Crippen LogP contribution in [0.4, 0.5) is 4.79 Å². The summed E-state index contributed by atoms with van der Waals surface area (Å²) < 4.78 is 0. The van der Waals surface area contributed by atoms with Gasteiger partial charge in [-0.05, 0) is 51.0 Å². The molecule has 2 aromatic rings. The van der Waals surface area contributed by atoms with Gasteiger partial charge in [0.2, 0.25) is 0 Å². The molecule has 26 heavy (non-hydrogen) atoms. The Balaban J connectivity index is 1.74. The quantitative estimate of drug-likeness (QED) is 0.697. The fourth-order valence-corrected chi connectivity index (χ4v) is 2.71. The third-order valence-electron chi connectivity index (χ3n) is 4.26. The molecule has 2 aromatic carbocycles. The van der Waals surface area contributed by atoms with Crippen molar-refractivity contribution in [2.75, 3.05) is 13.1 Å². The largest absolute Gasteiger partial charge is 0.350 e. The Morgan fingerprint density at radius 3 is 2.19 bits per heavy atom. The van der Waals surface area contributed by atoms with Crippen molar-refractivity contribution in [3.8, 4) is 0 Å². The summed E-state index contributed by atoms with van der Waals surface area (Å²) in [5.41, 5.74) is 5.14. The third kappa shape index (κ3) is 5.62. The van der Waals surface area contributed by atoms with E-state index < -0.39 is 0 Å². The highest BCUT2D eigenvalue weighted by molar-refractivity contribution is 5.94. The van der Waals surface area contributed by atoms with Gasteiger partial charge in [-0.25, -0.2) is 4.79 Å². The number of rotatable bonds is 6. The Labute approximate surface area is 155 Å². The lowest BCUT2D eigenvalue weighted by Gasteiger charge is -2.18. The van der Waals surface area contributed by atoms with Crippen LogP contribution in [0.1, 0.15) is 45.6 Å². The number of nitrogens with one attached hydrogen (secondary N) is 3. The number of hydrogen-bond donors (Lipinski definition) is 3. The zero-order valence-electron chi connectivity index (χ0n) is 15.8. The van der Waals surface area contributed by atoms with Gasteiger partial charge < -0.3 is 16.0 Å². The summed E-state index contributed by atoms with van der Waals surface area (Å²) in [5, 5.41) is 8.49. The van der Waals surface area contributed by atoms with Crippen molar-refractivity contribution in [1.29, 1.82) is 0 Å². The van der Waals surface area contributed by atoms with Gasteiger partial charge in [0.25, 0.3) is 5.91 Å². The van der Waals surface area contributed by atoms with Gasteiger partial charge in [-0.15, -0.1) is 0 Å². The lowest BCUT2D eigenvalue weighted by molar-refractivity contribution is 0.0954. The number of amides is 3. The maximum absolute atomic E-state index is 12.0. The summed E-state index contributed by atoms with van der Waals surface area (Å²) in [4.78, 5) is 24.0. The minimum absolute atomic E-state index is 0.0861. The summed E-state index contributed by atoms with van der Waals surface area (Å²) in [6.45, 7) is 8.74. The van der Waals surface area contributed by atoms with Crippen LogP contribution >= 0.6 is 0 Å². The molecular weight excluding hydrogens is 326 g/mol. The molecule has 1 unspecified atom stereocenters. The fourth-order valence-electron chi connectivity index (χ4n) is 2.71. The molecule has 0 saturated heterocycles. The van der Waals surface area contributed by atoms with Gasteiger partial charge in [0.15, 0.2) is 0 Å². The van der Waals surface area contributed by atoms with E-state index in [0.717, 1.165) is 16.7 Å². The molecule has 5 nitrogen and oxygen atoms in total.